The first kappa shape index (κ1) is 10.4. The first-order valence-corrected chi connectivity index (χ1v) is 4.73. The molecule has 0 aliphatic heterocycles. The number of halogens is 2. The van der Waals surface area contributed by atoms with Gasteiger partial charge in [0.2, 0.25) is 0 Å². The Labute approximate surface area is 88.4 Å². The van der Waals surface area contributed by atoms with Gasteiger partial charge in [-0.25, -0.2) is 0 Å². The summed E-state index contributed by atoms with van der Waals surface area (Å²) in [5, 5.41) is 4.45. The second-order valence-corrected chi connectivity index (χ2v) is 3.64. The number of rotatable bonds is 3. The normalized spacial score (nSPS) is 12.2. The van der Waals surface area contributed by atoms with Gasteiger partial charge in [0.15, 0.2) is 0 Å². The maximum Gasteiger partial charge on any atom is 0.0652 e. The second-order valence-electron chi connectivity index (χ2n) is 2.79. The molecule has 1 N–H and O–H groups in total. The lowest BCUT2D eigenvalue weighted by Gasteiger charge is -2.12. The van der Waals surface area contributed by atoms with E-state index in [0.29, 0.717) is 10.0 Å². The van der Waals surface area contributed by atoms with Crippen LogP contribution in [-0.2, 0) is 0 Å². The first-order chi connectivity index (χ1) is 6.13. The summed E-state index contributed by atoms with van der Waals surface area (Å²) in [6.07, 6.45) is 1.81. The van der Waals surface area contributed by atoms with Gasteiger partial charge in [-0.15, -0.1) is 6.58 Å². The predicted molar refractivity (Wildman–Crippen MR) is 59.7 cm³/mol. The van der Waals surface area contributed by atoms with E-state index in [1.807, 2.05) is 19.1 Å². The second kappa shape index (κ2) is 4.54. The molecule has 1 nitrogen and oxygen atoms in total. The van der Waals surface area contributed by atoms with Crippen molar-refractivity contribution in [3.63, 3.8) is 0 Å². The summed E-state index contributed by atoms with van der Waals surface area (Å²) in [5.41, 5.74) is 0.874. The van der Waals surface area contributed by atoms with Crippen LogP contribution in [0.15, 0.2) is 30.9 Å². The Morgan fingerprint density at radius 3 is 2.69 bits per heavy atom. The third kappa shape index (κ3) is 2.94. The Balaban J connectivity index is 2.83. The molecule has 0 spiro atoms. The lowest BCUT2D eigenvalue weighted by Crippen LogP contribution is -2.11. The molecule has 1 aromatic carbocycles. The Hall–Kier alpha value is -0.660. The van der Waals surface area contributed by atoms with Crippen molar-refractivity contribution in [2.24, 2.45) is 0 Å². The van der Waals surface area contributed by atoms with E-state index in [9.17, 15) is 0 Å². The van der Waals surface area contributed by atoms with Crippen LogP contribution in [0.25, 0.3) is 0 Å². The van der Waals surface area contributed by atoms with Crippen molar-refractivity contribution in [3.8, 4) is 0 Å². The molecule has 0 bridgehead atoms. The summed E-state index contributed by atoms with van der Waals surface area (Å²) in [7, 11) is 0. The van der Waals surface area contributed by atoms with Crippen molar-refractivity contribution in [3.05, 3.63) is 40.9 Å². The zero-order chi connectivity index (χ0) is 9.84. The topological polar surface area (TPSA) is 12.0 Å². The average molecular weight is 216 g/mol. The van der Waals surface area contributed by atoms with Gasteiger partial charge in [0, 0.05) is 11.1 Å². The summed E-state index contributed by atoms with van der Waals surface area (Å²) >= 11 is 11.7. The molecule has 13 heavy (non-hydrogen) atoms. The highest BCUT2D eigenvalue weighted by Crippen LogP contribution is 2.25. The Morgan fingerprint density at radius 2 is 2.15 bits per heavy atom. The molecular formula is C10H11Cl2N. The molecule has 1 atom stereocenters. The van der Waals surface area contributed by atoms with Crippen LogP contribution in [-0.4, -0.2) is 6.04 Å². The molecule has 0 saturated carbocycles. The zero-order valence-corrected chi connectivity index (χ0v) is 8.86. The van der Waals surface area contributed by atoms with Crippen LogP contribution in [0.1, 0.15) is 6.92 Å². The van der Waals surface area contributed by atoms with Crippen LogP contribution in [0, 0.1) is 0 Å². The highest BCUT2D eigenvalue weighted by atomic mass is 35.5. The molecule has 0 fully saturated rings. The average Bonchev–Trinajstić information content (AvgIpc) is 2.09. The summed E-state index contributed by atoms with van der Waals surface area (Å²) in [6.45, 7) is 5.67. The number of anilines is 1. The predicted octanol–water partition coefficient (Wildman–Crippen LogP) is 3.98. The van der Waals surface area contributed by atoms with Crippen LogP contribution < -0.4 is 5.32 Å². The quantitative estimate of drug-likeness (QED) is 0.753. The van der Waals surface area contributed by atoms with Gasteiger partial charge in [-0.3, -0.25) is 0 Å². The fraction of sp³-hybridized carbons (Fsp3) is 0.200. The fourth-order valence-electron chi connectivity index (χ4n) is 0.911. The Kier molecular flexibility index (Phi) is 3.64. The highest BCUT2D eigenvalue weighted by molar-refractivity contribution is 6.36. The first-order valence-electron chi connectivity index (χ1n) is 3.97. The smallest absolute Gasteiger partial charge is 0.0652 e. The summed E-state index contributed by atoms with van der Waals surface area (Å²) in [4.78, 5) is 0. The minimum atomic E-state index is 0.193. The third-order valence-corrected chi connectivity index (χ3v) is 2.22. The maximum absolute atomic E-state index is 5.95. The largest absolute Gasteiger partial charge is 0.378 e. The Morgan fingerprint density at radius 1 is 1.46 bits per heavy atom. The van der Waals surface area contributed by atoms with Crippen LogP contribution >= 0.6 is 23.2 Å². The van der Waals surface area contributed by atoms with Crippen LogP contribution in [0.5, 0.6) is 0 Å². The maximum atomic E-state index is 5.95. The van der Waals surface area contributed by atoms with Gasteiger partial charge in [0.25, 0.3) is 0 Å². The lowest BCUT2D eigenvalue weighted by molar-refractivity contribution is 1.00. The van der Waals surface area contributed by atoms with E-state index in [0.717, 1.165) is 5.69 Å². The molecule has 1 aromatic rings. The van der Waals surface area contributed by atoms with E-state index in [-0.39, 0.29) is 6.04 Å². The SMILES string of the molecule is C=CC(C)Nc1ccc(Cl)cc1Cl. The third-order valence-electron chi connectivity index (χ3n) is 1.67. The van der Waals surface area contributed by atoms with Crippen LogP contribution in [0.2, 0.25) is 10.0 Å². The van der Waals surface area contributed by atoms with Crippen molar-refractivity contribution in [1.82, 2.24) is 0 Å². The van der Waals surface area contributed by atoms with Gasteiger partial charge in [0.05, 0.1) is 10.7 Å². The van der Waals surface area contributed by atoms with Gasteiger partial charge in [-0.05, 0) is 25.1 Å². The van der Waals surface area contributed by atoms with Crippen LogP contribution in [0.4, 0.5) is 5.69 Å². The summed E-state index contributed by atoms with van der Waals surface area (Å²) in [5.74, 6) is 0. The minimum absolute atomic E-state index is 0.193. The van der Waals surface area contributed by atoms with E-state index in [1.165, 1.54) is 0 Å². The van der Waals surface area contributed by atoms with E-state index in [4.69, 9.17) is 23.2 Å². The highest BCUT2D eigenvalue weighted by Gasteiger charge is 2.02. The molecule has 0 heterocycles. The molecule has 0 radical (unpaired) electrons. The van der Waals surface area contributed by atoms with E-state index < -0.39 is 0 Å². The van der Waals surface area contributed by atoms with Gasteiger partial charge >= 0.3 is 0 Å². The molecule has 1 rings (SSSR count). The molecule has 0 aliphatic carbocycles. The minimum Gasteiger partial charge on any atom is -0.378 e. The van der Waals surface area contributed by atoms with E-state index in [1.54, 1.807) is 12.1 Å². The van der Waals surface area contributed by atoms with Gasteiger partial charge in [0.1, 0.15) is 0 Å². The molecule has 0 aliphatic rings. The summed E-state index contributed by atoms with van der Waals surface area (Å²) < 4.78 is 0. The van der Waals surface area contributed by atoms with Crippen molar-refractivity contribution < 1.29 is 0 Å². The zero-order valence-electron chi connectivity index (χ0n) is 7.35. The summed E-state index contributed by atoms with van der Waals surface area (Å²) in [6, 6.07) is 5.55. The van der Waals surface area contributed by atoms with E-state index in [2.05, 4.69) is 11.9 Å². The molecule has 0 aromatic heterocycles. The van der Waals surface area contributed by atoms with Gasteiger partial charge in [-0.1, -0.05) is 29.3 Å². The van der Waals surface area contributed by atoms with Crippen molar-refractivity contribution >= 4 is 28.9 Å². The molecule has 3 heteroatoms. The van der Waals surface area contributed by atoms with Gasteiger partial charge < -0.3 is 5.32 Å². The van der Waals surface area contributed by atoms with Crippen molar-refractivity contribution in [2.45, 2.75) is 13.0 Å². The fourth-order valence-corrected chi connectivity index (χ4v) is 1.37. The molecule has 1 unspecified atom stereocenters. The molecule has 70 valence electrons. The molecule has 0 saturated heterocycles. The molecule has 0 amide bonds. The standard InChI is InChI=1S/C10H11Cl2N/c1-3-7(2)13-10-5-4-8(11)6-9(10)12/h3-7,13H,1H2,2H3. The van der Waals surface area contributed by atoms with Crippen LogP contribution in [0.3, 0.4) is 0 Å². The van der Waals surface area contributed by atoms with Gasteiger partial charge in [-0.2, -0.15) is 0 Å². The number of hydrogen-bond donors (Lipinski definition) is 1. The van der Waals surface area contributed by atoms with Crippen molar-refractivity contribution in [1.29, 1.82) is 0 Å². The number of benzene rings is 1. The lowest BCUT2D eigenvalue weighted by atomic mass is 10.2. The Bertz CT molecular complexity index is 310. The van der Waals surface area contributed by atoms with E-state index >= 15 is 0 Å². The monoisotopic (exact) mass is 215 g/mol. The number of hydrogen-bond acceptors (Lipinski definition) is 1. The molecular weight excluding hydrogens is 205 g/mol. The van der Waals surface area contributed by atoms with Crippen molar-refractivity contribution in [2.75, 3.05) is 5.32 Å². The number of nitrogens with one attached hydrogen (secondary N) is 1.